The monoisotopic (exact) mass is 310 g/mol. The van der Waals surface area contributed by atoms with Crippen LogP contribution in [0.2, 0.25) is 5.02 Å². The highest BCUT2D eigenvalue weighted by Crippen LogP contribution is 2.26. The van der Waals surface area contributed by atoms with Gasteiger partial charge in [0.05, 0.1) is 5.41 Å². The molecule has 0 atom stereocenters. The maximum atomic E-state index is 11.8. The Morgan fingerprint density at radius 3 is 2.45 bits per heavy atom. The SMILES string of the molecule is O=S(=O)(C=Cc1ccccc1)Oc1cc(O)cc(Cl)c1. The van der Waals surface area contributed by atoms with E-state index in [9.17, 15) is 13.5 Å². The van der Waals surface area contributed by atoms with Crippen LogP contribution < -0.4 is 4.18 Å². The molecule has 1 N–H and O–H groups in total. The van der Waals surface area contributed by atoms with Gasteiger partial charge in [-0.3, -0.25) is 0 Å². The number of hydrogen-bond acceptors (Lipinski definition) is 4. The third kappa shape index (κ3) is 4.29. The minimum atomic E-state index is -3.92. The fourth-order valence-electron chi connectivity index (χ4n) is 1.48. The van der Waals surface area contributed by atoms with Crippen LogP contribution in [-0.2, 0) is 10.1 Å². The first-order valence-corrected chi connectivity index (χ1v) is 7.47. The molecule has 6 heteroatoms. The molecule has 20 heavy (non-hydrogen) atoms. The van der Waals surface area contributed by atoms with E-state index in [0.29, 0.717) is 0 Å². The van der Waals surface area contributed by atoms with Crippen molar-refractivity contribution in [3.63, 3.8) is 0 Å². The molecule has 0 saturated heterocycles. The van der Waals surface area contributed by atoms with Gasteiger partial charge in [-0.15, -0.1) is 0 Å². The molecule has 0 unspecified atom stereocenters. The zero-order chi connectivity index (χ0) is 14.6. The van der Waals surface area contributed by atoms with Gasteiger partial charge >= 0.3 is 10.1 Å². The predicted molar refractivity (Wildman–Crippen MR) is 78.1 cm³/mol. The van der Waals surface area contributed by atoms with Gasteiger partial charge in [-0.25, -0.2) is 0 Å². The number of halogens is 1. The molecule has 2 rings (SSSR count). The van der Waals surface area contributed by atoms with Crippen molar-refractivity contribution >= 4 is 27.8 Å². The number of rotatable bonds is 4. The topological polar surface area (TPSA) is 63.6 Å². The largest absolute Gasteiger partial charge is 0.508 e. The Hall–Kier alpha value is -1.98. The van der Waals surface area contributed by atoms with Gasteiger partial charge < -0.3 is 9.29 Å². The lowest BCUT2D eigenvalue weighted by molar-refractivity contribution is 0.466. The molecule has 0 saturated carbocycles. The van der Waals surface area contributed by atoms with Gasteiger partial charge in [-0.2, -0.15) is 8.42 Å². The average molecular weight is 311 g/mol. The Bertz CT molecular complexity index is 704. The van der Waals surface area contributed by atoms with Gasteiger partial charge in [0.25, 0.3) is 0 Å². The van der Waals surface area contributed by atoms with E-state index in [2.05, 4.69) is 0 Å². The van der Waals surface area contributed by atoms with E-state index in [1.54, 1.807) is 24.3 Å². The van der Waals surface area contributed by atoms with Crippen molar-refractivity contribution < 1.29 is 17.7 Å². The second-order valence-corrected chi connectivity index (χ2v) is 5.80. The van der Waals surface area contributed by atoms with Crippen molar-refractivity contribution in [3.05, 3.63) is 64.5 Å². The highest BCUT2D eigenvalue weighted by atomic mass is 35.5. The first-order chi connectivity index (χ1) is 9.44. The van der Waals surface area contributed by atoms with Crippen LogP contribution in [0.15, 0.2) is 53.9 Å². The molecule has 0 aromatic heterocycles. The van der Waals surface area contributed by atoms with Crippen LogP contribution in [0.3, 0.4) is 0 Å². The molecule has 2 aromatic carbocycles. The molecular weight excluding hydrogens is 300 g/mol. The van der Waals surface area contributed by atoms with Crippen LogP contribution in [0, 0.1) is 0 Å². The van der Waals surface area contributed by atoms with E-state index >= 15 is 0 Å². The van der Waals surface area contributed by atoms with E-state index in [-0.39, 0.29) is 16.5 Å². The van der Waals surface area contributed by atoms with Crippen LogP contribution in [0.4, 0.5) is 0 Å². The van der Waals surface area contributed by atoms with Gasteiger partial charge in [-0.05, 0) is 17.7 Å². The first kappa shape index (κ1) is 14.4. The number of hydrogen-bond donors (Lipinski definition) is 1. The van der Waals surface area contributed by atoms with Gasteiger partial charge in [0.1, 0.15) is 11.5 Å². The Balaban J connectivity index is 2.17. The Morgan fingerprint density at radius 1 is 1.10 bits per heavy atom. The average Bonchev–Trinajstić information content (AvgIpc) is 2.36. The van der Waals surface area contributed by atoms with Crippen molar-refractivity contribution in [1.82, 2.24) is 0 Å². The van der Waals surface area contributed by atoms with E-state index in [1.807, 2.05) is 6.07 Å². The summed E-state index contributed by atoms with van der Waals surface area (Å²) in [4.78, 5) is 0. The van der Waals surface area contributed by atoms with Crippen molar-refractivity contribution in [2.45, 2.75) is 0 Å². The van der Waals surface area contributed by atoms with Crippen molar-refractivity contribution in [1.29, 1.82) is 0 Å². The van der Waals surface area contributed by atoms with Crippen LogP contribution in [0.1, 0.15) is 5.56 Å². The lowest BCUT2D eigenvalue weighted by Crippen LogP contribution is -2.04. The lowest BCUT2D eigenvalue weighted by Gasteiger charge is -2.04. The molecular formula is C14H11ClO4S. The Kier molecular flexibility index (Phi) is 4.32. The van der Waals surface area contributed by atoms with Gasteiger partial charge in [-0.1, -0.05) is 41.9 Å². The fourth-order valence-corrected chi connectivity index (χ4v) is 2.45. The second-order valence-electron chi connectivity index (χ2n) is 3.93. The van der Waals surface area contributed by atoms with E-state index < -0.39 is 10.1 Å². The Labute approximate surface area is 122 Å². The molecule has 0 radical (unpaired) electrons. The molecule has 0 fully saturated rings. The summed E-state index contributed by atoms with van der Waals surface area (Å²) in [5, 5.41) is 10.4. The third-order valence-electron chi connectivity index (χ3n) is 2.30. The standard InChI is InChI=1S/C14H11ClO4S/c15-12-8-13(16)10-14(9-12)19-20(17,18)7-6-11-4-2-1-3-5-11/h1-10,16H. The van der Waals surface area contributed by atoms with E-state index in [4.69, 9.17) is 15.8 Å². The number of benzene rings is 2. The molecule has 4 nitrogen and oxygen atoms in total. The number of aromatic hydroxyl groups is 1. The van der Waals surface area contributed by atoms with Gasteiger partial charge in [0.2, 0.25) is 0 Å². The zero-order valence-electron chi connectivity index (χ0n) is 10.2. The van der Waals surface area contributed by atoms with Crippen molar-refractivity contribution in [2.75, 3.05) is 0 Å². The molecule has 0 amide bonds. The van der Waals surface area contributed by atoms with Gasteiger partial charge in [0.15, 0.2) is 0 Å². The molecule has 0 heterocycles. The van der Waals surface area contributed by atoms with Crippen LogP contribution in [-0.4, -0.2) is 13.5 Å². The van der Waals surface area contributed by atoms with Crippen LogP contribution in [0.5, 0.6) is 11.5 Å². The first-order valence-electron chi connectivity index (χ1n) is 5.62. The second kappa shape index (κ2) is 5.98. The molecule has 2 aromatic rings. The molecule has 0 spiro atoms. The highest BCUT2D eigenvalue weighted by molar-refractivity contribution is 7.90. The molecule has 0 aliphatic heterocycles. The van der Waals surface area contributed by atoms with E-state index in [0.717, 1.165) is 11.0 Å². The molecule has 0 bridgehead atoms. The summed E-state index contributed by atoms with van der Waals surface area (Å²) in [7, 11) is -3.92. The number of phenols is 1. The smallest absolute Gasteiger partial charge is 0.332 e. The summed E-state index contributed by atoms with van der Waals surface area (Å²) in [6.45, 7) is 0. The summed E-state index contributed by atoms with van der Waals surface area (Å²) in [6.07, 6.45) is 1.42. The van der Waals surface area contributed by atoms with Crippen LogP contribution >= 0.6 is 11.6 Å². The molecule has 104 valence electrons. The summed E-state index contributed by atoms with van der Waals surface area (Å²) in [5.74, 6) is -0.220. The Morgan fingerprint density at radius 2 is 1.80 bits per heavy atom. The fraction of sp³-hybridized carbons (Fsp3) is 0. The molecule has 0 aliphatic carbocycles. The van der Waals surface area contributed by atoms with Crippen LogP contribution in [0.25, 0.3) is 6.08 Å². The van der Waals surface area contributed by atoms with E-state index in [1.165, 1.54) is 24.3 Å². The van der Waals surface area contributed by atoms with Crippen molar-refractivity contribution in [3.8, 4) is 11.5 Å². The normalized spacial score (nSPS) is 11.7. The molecule has 0 aliphatic rings. The minimum absolute atomic E-state index is 0.0484. The zero-order valence-corrected chi connectivity index (χ0v) is 11.8. The minimum Gasteiger partial charge on any atom is -0.508 e. The summed E-state index contributed by atoms with van der Waals surface area (Å²) in [6, 6.07) is 12.7. The lowest BCUT2D eigenvalue weighted by atomic mass is 10.2. The van der Waals surface area contributed by atoms with Crippen molar-refractivity contribution in [2.24, 2.45) is 0 Å². The predicted octanol–water partition coefficient (Wildman–Crippen LogP) is 3.43. The maximum absolute atomic E-state index is 11.8. The summed E-state index contributed by atoms with van der Waals surface area (Å²) < 4.78 is 28.4. The highest BCUT2D eigenvalue weighted by Gasteiger charge is 2.09. The summed E-state index contributed by atoms with van der Waals surface area (Å²) >= 11 is 5.70. The maximum Gasteiger partial charge on any atom is 0.332 e. The number of phenolic OH excluding ortho intramolecular Hbond substituents is 1. The van der Waals surface area contributed by atoms with Gasteiger partial charge in [0, 0.05) is 17.2 Å². The summed E-state index contributed by atoms with van der Waals surface area (Å²) in [5.41, 5.74) is 0.730. The quantitative estimate of drug-likeness (QED) is 0.879. The third-order valence-corrected chi connectivity index (χ3v) is 3.41.